The van der Waals surface area contributed by atoms with Gasteiger partial charge in [-0.15, -0.1) is 0 Å². The molecule has 0 aromatic heterocycles. The zero-order valence-corrected chi connectivity index (χ0v) is 16.6. The molecule has 1 aliphatic rings. The van der Waals surface area contributed by atoms with E-state index >= 15 is 0 Å². The van der Waals surface area contributed by atoms with E-state index in [2.05, 4.69) is 17.3 Å². The summed E-state index contributed by atoms with van der Waals surface area (Å²) in [4.78, 5) is 16.4. The molecule has 1 heterocycles. The van der Waals surface area contributed by atoms with Crippen molar-refractivity contribution in [1.82, 2.24) is 0 Å². The summed E-state index contributed by atoms with van der Waals surface area (Å²) in [5.74, 6) is 0.856. The van der Waals surface area contributed by atoms with Crippen LogP contribution in [-0.4, -0.2) is 53.4 Å². The molecule has 0 radical (unpaired) electrons. The number of rotatable bonds is 5. The fourth-order valence-electron chi connectivity index (χ4n) is 3.15. The number of likely N-dealkylation sites (N-methyl/N-ethyl adjacent to an activating group) is 1. The Bertz CT molecular complexity index is 820. The van der Waals surface area contributed by atoms with Gasteiger partial charge in [-0.3, -0.25) is 4.79 Å². The lowest BCUT2D eigenvalue weighted by atomic mass is 10.1. The van der Waals surface area contributed by atoms with E-state index < -0.39 is 0 Å². The highest BCUT2D eigenvalue weighted by atomic mass is 35.5. The smallest absolute Gasteiger partial charge is 0.255 e. The first-order chi connectivity index (χ1) is 13.0. The first-order valence-corrected chi connectivity index (χ1v) is 9.29. The van der Waals surface area contributed by atoms with Crippen LogP contribution in [0.25, 0.3) is 0 Å². The van der Waals surface area contributed by atoms with Gasteiger partial charge in [0.05, 0.1) is 58.2 Å². The number of hydrogen-bond acceptors (Lipinski definition) is 4. The summed E-state index contributed by atoms with van der Waals surface area (Å²) in [6, 6.07) is 10.7. The predicted molar refractivity (Wildman–Crippen MR) is 108 cm³/mol. The summed E-state index contributed by atoms with van der Waals surface area (Å²) in [6.07, 6.45) is 0. The summed E-state index contributed by atoms with van der Waals surface area (Å²) >= 11 is 6.48. The summed E-state index contributed by atoms with van der Waals surface area (Å²) in [6.45, 7) is 4.13. The zero-order chi connectivity index (χ0) is 19.4. The van der Waals surface area contributed by atoms with Crippen LogP contribution >= 0.6 is 11.6 Å². The average molecular weight is 391 g/mol. The number of piperazine rings is 1. The van der Waals surface area contributed by atoms with Crippen LogP contribution in [0.4, 0.5) is 11.4 Å². The number of nitrogens with zero attached hydrogens (tertiary/aromatic N) is 1. The number of nitrogens with one attached hydrogen (secondary N) is 2. The topological polar surface area (TPSA) is 55.2 Å². The Labute approximate surface area is 164 Å². The Hall–Kier alpha value is -2.44. The van der Waals surface area contributed by atoms with Gasteiger partial charge in [0.15, 0.2) is 11.5 Å². The summed E-state index contributed by atoms with van der Waals surface area (Å²) in [5.41, 5.74) is 2.14. The highest BCUT2D eigenvalue weighted by molar-refractivity contribution is 6.33. The van der Waals surface area contributed by atoms with Crippen molar-refractivity contribution in [1.29, 1.82) is 0 Å². The van der Waals surface area contributed by atoms with Crippen molar-refractivity contribution < 1.29 is 19.2 Å². The molecule has 0 spiro atoms. The molecule has 2 N–H and O–H groups in total. The second-order valence-corrected chi connectivity index (χ2v) is 7.04. The van der Waals surface area contributed by atoms with Gasteiger partial charge in [-0.05, 0) is 36.4 Å². The fraction of sp³-hybridized carbons (Fsp3) is 0.350. The standard InChI is InChI=1S/C20H24ClN3O3/c1-23-8-10-24(11-9-23)17-6-5-15(13-16(17)21)22-20(25)14-4-7-18(26-2)19(12-14)27-3/h4-7,12-13H,8-11H2,1-3H3,(H,22,25)/p+1. The van der Waals surface area contributed by atoms with Gasteiger partial charge in [0.1, 0.15) is 0 Å². The number of anilines is 2. The number of carbonyl (C=O) groups is 1. The minimum absolute atomic E-state index is 0.233. The average Bonchev–Trinajstić information content (AvgIpc) is 2.68. The normalized spacial score (nSPS) is 14.7. The molecule has 0 saturated carbocycles. The summed E-state index contributed by atoms with van der Waals surface area (Å²) in [7, 11) is 5.30. The number of halogens is 1. The van der Waals surface area contributed by atoms with Gasteiger partial charge in [0.25, 0.3) is 5.91 Å². The molecule has 7 heteroatoms. The second kappa shape index (κ2) is 8.50. The number of benzene rings is 2. The molecular weight excluding hydrogens is 366 g/mol. The van der Waals surface area contributed by atoms with Crippen LogP contribution in [0, 0.1) is 0 Å². The van der Waals surface area contributed by atoms with Gasteiger partial charge in [-0.1, -0.05) is 11.6 Å². The molecule has 3 rings (SSSR count). The van der Waals surface area contributed by atoms with Crippen LogP contribution in [0.2, 0.25) is 5.02 Å². The molecule has 0 aliphatic carbocycles. The van der Waals surface area contributed by atoms with Gasteiger partial charge in [0.2, 0.25) is 0 Å². The fourth-order valence-corrected chi connectivity index (χ4v) is 3.45. The van der Waals surface area contributed by atoms with E-state index in [0.717, 1.165) is 31.9 Å². The van der Waals surface area contributed by atoms with Crippen molar-refractivity contribution in [3.63, 3.8) is 0 Å². The molecule has 1 amide bonds. The molecule has 1 aliphatic heterocycles. The van der Waals surface area contributed by atoms with Gasteiger partial charge in [-0.25, -0.2) is 0 Å². The maximum atomic E-state index is 12.6. The molecular formula is C20H25ClN3O3+. The van der Waals surface area contributed by atoms with Crippen LogP contribution in [0.1, 0.15) is 10.4 Å². The number of methoxy groups -OCH3 is 2. The second-order valence-electron chi connectivity index (χ2n) is 6.63. The quantitative estimate of drug-likeness (QED) is 0.819. The maximum absolute atomic E-state index is 12.6. The Morgan fingerprint density at radius 2 is 1.78 bits per heavy atom. The molecule has 6 nitrogen and oxygen atoms in total. The van der Waals surface area contributed by atoms with Gasteiger partial charge >= 0.3 is 0 Å². The number of hydrogen-bond donors (Lipinski definition) is 2. The van der Waals surface area contributed by atoms with Gasteiger partial charge in [-0.2, -0.15) is 0 Å². The lowest BCUT2D eigenvalue weighted by Crippen LogP contribution is -3.12. The van der Waals surface area contributed by atoms with E-state index in [1.807, 2.05) is 12.1 Å². The number of quaternary nitrogens is 1. The predicted octanol–water partition coefficient (Wildman–Crippen LogP) is 1.94. The van der Waals surface area contributed by atoms with Crippen molar-refractivity contribution in [2.75, 3.05) is 57.7 Å². The zero-order valence-electron chi connectivity index (χ0n) is 15.8. The lowest BCUT2D eigenvalue weighted by molar-refractivity contribution is -0.880. The minimum atomic E-state index is -0.233. The first-order valence-electron chi connectivity index (χ1n) is 8.91. The minimum Gasteiger partial charge on any atom is -0.493 e. The maximum Gasteiger partial charge on any atom is 0.255 e. The Morgan fingerprint density at radius 3 is 2.41 bits per heavy atom. The molecule has 0 atom stereocenters. The molecule has 0 unspecified atom stereocenters. The van der Waals surface area contributed by atoms with E-state index in [4.69, 9.17) is 21.1 Å². The summed E-state index contributed by atoms with van der Waals surface area (Å²) in [5, 5.41) is 3.52. The highest BCUT2D eigenvalue weighted by Gasteiger charge is 2.19. The molecule has 2 aromatic carbocycles. The third-order valence-electron chi connectivity index (χ3n) is 4.81. The summed E-state index contributed by atoms with van der Waals surface area (Å²) < 4.78 is 10.5. The van der Waals surface area contributed by atoms with E-state index in [1.165, 1.54) is 12.0 Å². The van der Waals surface area contributed by atoms with Crippen molar-refractivity contribution >= 4 is 28.9 Å². The Balaban J connectivity index is 1.72. The van der Waals surface area contributed by atoms with E-state index in [1.54, 1.807) is 31.4 Å². The SMILES string of the molecule is COc1ccc(C(=O)Nc2ccc(N3CC[NH+](C)CC3)c(Cl)c2)cc1OC. The van der Waals surface area contributed by atoms with Crippen LogP contribution in [0.15, 0.2) is 36.4 Å². The first kappa shape index (κ1) is 19.3. The number of carbonyl (C=O) groups excluding carboxylic acids is 1. The van der Waals surface area contributed by atoms with Gasteiger partial charge in [0, 0.05) is 11.3 Å². The lowest BCUT2D eigenvalue weighted by Gasteiger charge is -2.32. The third kappa shape index (κ3) is 4.46. The molecule has 0 bridgehead atoms. The van der Waals surface area contributed by atoms with Crippen LogP contribution in [0.3, 0.4) is 0 Å². The molecule has 144 valence electrons. The molecule has 2 aromatic rings. The van der Waals surface area contributed by atoms with E-state index in [0.29, 0.717) is 27.8 Å². The highest BCUT2D eigenvalue weighted by Crippen LogP contribution is 2.30. The van der Waals surface area contributed by atoms with Crippen LogP contribution < -0.4 is 24.6 Å². The third-order valence-corrected chi connectivity index (χ3v) is 5.11. The van der Waals surface area contributed by atoms with E-state index in [9.17, 15) is 4.79 Å². The van der Waals surface area contributed by atoms with Crippen LogP contribution in [-0.2, 0) is 0 Å². The van der Waals surface area contributed by atoms with E-state index in [-0.39, 0.29) is 5.91 Å². The van der Waals surface area contributed by atoms with Crippen molar-refractivity contribution in [3.05, 3.63) is 47.0 Å². The van der Waals surface area contributed by atoms with Crippen molar-refractivity contribution in [3.8, 4) is 11.5 Å². The van der Waals surface area contributed by atoms with Crippen molar-refractivity contribution in [2.45, 2.75) is 0 Å². The van der Waals surface area contributed by atoms with Crippen LogP contribution in [0.5, 0.6) is 11.5 Å². The number of ether oxygens (including phenoxy) is 2. The molecule has 27 heavy (non-hydrogen) atoms. The number of amides is 1. The molecule has 1 fully saturated rings. The monoisotopic (exact) mass is 390 g/mol. The molecule has 1 saturated heterocycles. The Kier molecular flexibility index (Phi) is 6.08. The Morgan fingerprint density at radius 1 is 1.07 bits per heavy atom. The van der Waals surface area contributed by atoms with Gasteiger partial charge < -0.3 is 24.6 Å². The largest absolute Gasteiger partial charge is 0.493 e. The van der Waals surface area contributed by atoms with Crippen molar-refractivity contribution in [2.24, 2.45) is 0 Å².